The molecule has 128 valence electrons. The molecular weight excluding hydrogens is 306 g/mol. The highest BCUT2D eigenvalue weighted by Gasteiger charge is 2.34. The second kappa shape index (κ2) is 6.26. The Morgan fingerprint density at radius 1 is 1.33 bits per heavy atom. The van der Waals surface area contributed by atoms with Crippen molar-refractivity contribution in [2.75, 3.05) is 13.1 Å². The van der Waals surface area contributed by atoms with E-state index >= 15 is 0 Å². The maximum Gasteiger partial charge on any atom is 0.410 e. The maximum atomic E-state index is 11.9. The summed E-state index contributed by atoms with van der Waals surface area (Å²) < 4.78 is 10.7. The minimum Gasteiger partial charge on any atom is -0.444 e. The number of aromatic nitrogens is 2. The molecular formula is C18H23N3O3. The van der Waals surface area contributed by atoms with E-state index in [0.29, 0.717) is 37.1 Å². The Hall–Kier alpha value is -2.37. The molecule has 1 amide bonds. The first-order chi connectivity index (χ1) is 11.3. The number of amides is 1. The van der Waals surface area contributed by atoms with Crippen LogP contribution >= 0.6 is 0 Å². The molecule has 1 aromatic carbocycles. The zero-order valence-electron chi connectivity index (χ0n) is 14.6. The molecule has 0 radical (unpaired) electrons. The predicted molar refractivity (Wildman–Crippen MR) is 89.5 cm³/mol. The Morgan fingerprint density at radius 3 is 2.71 bits per heavy atom. The van der Waals surface area contributed by atoms with Gasteiger partial charge >= 0.3 is 6.09 Å². The minimum absolute atomic E-state index is 0.259. The SMILES string of the molecule is Cc1ccccc1-c1noc(CC2CN(C(=O)OC(C)(C)C)C2)n1. The summed E-state index contributed by atoms with van der Waals surface area (Å²) in [6.45, 7) is 8.96. The number of nitrogens with zero attached hydrogens (tertiary/aromatic N) is 3. The number of benzene rings is 1. The van der Waals surface area contributed by atoms with Crippen LogP contribution in [0.15, 0.2) is 28.8 Å². The van der Waals surface area contributed by atoms with Gasteiger partial charge in [-0.2, -0.15) is 4.98 Å². The maximum absolute atomic E-state index is 11.9. The summed E-state index contributed by atoms with van der Waals surface area (Å²) >= 11 is 0. The fourth-order valence-corrected chi connectivity index (χ4v) is 2.69. The summed E-state index contributed by atoms with van der Waals surface area (Å²) in [6, 6.07) is 7.95. The van der Waals surface area contributed by atoms with Crippen molar-refractivity contribution >= 4 is 6.09 Å². The van der Waals surface area contributed by atoms with Gasteiger partial charge in [0.25, 0.3) is 0 Å². The molecule has 0 aliphatic carbocycles. The van der Waals surface area contributed by atoms with Crippen molar-refractivity contribution in [1.82, 2.24) is 15.0 Å². The highest BCUT2D eigenvalue weighted by Crippen LogP contribution is 2.24. The average Bonchev–Trinajstić information content (AvgIpc) is 2.89. The van der Waals surface area contributed by atoms with E-state index in [-0.39, 0.29) is 6.09 Å². The van der Waals surface area contributed by atoms with E-state index in [2.05, 4.69) is 10.1 Å². The van der Waals surface area contributed by atoms with Crippen LogP contribution in [0.3, 0.4) is 0 Å². The topological polar surface area (TPSA) is 68.5 Å². The lowest BCUT2D eigenvalue weighted by atomic mass is 9.97. The second-order valence-corrected chi connectivity index (χ2v) is 7.28. The Labute approximate surface area is 141 Å². The van der Waals surface area contributed by atoms with Crippen LogP contribution in [0.2, 0.25) is 0 Å². The Balaban J connectivity index is 1.54. The van der Waals surface area contributed by atoms with E-state index in [0.717, 1.165) is 11.1 Å². The van der Waals surface area contributed by atoms with Crippen molar-refractivity contribution in [3.05, 3.63) is 35.7 Å². The van der Waals surface area contributed by atoms with Crippen molar-refractivity contribution in [3.63, 3.8) is 0 Å². The van der Waals surface area contributed by atoms with Gasteiger partial charge in [0.2, 0.25) is 11.7 Å². The van der Waals surface area contributed by atoms with Crippen molar-refractivity contribution < 1.29 is 14.1 Å². The zero-order chi connectivity index (χ0) is 17.3. The third-order valence-electron chi connectivity index (χ3n) is 3.93. The van der Waals surface area contributed by atoms with E-state index in [1.165, 1.54) is 0 Å². The fraction of sp³-hybridized carbons (Fsp3) is 0.500. The van der Waals surface area contributed by atoms with Gasteiger partial charge in [-0.05, 0) is 33.3 Å². The van der Waals surface area contributed by atoms with Gasteiger partial charge in [0, 0.05) is 31.0 Å². The lowest BCUT2D eigenvalue weighted by Gasteiger charge is -2.39. The van der Waals surface area contributed by atoms with Crippen LogP contribution < -0.4 is 0 Å². The lowest BCUT2D eigenvalue weighted by molar-refractivity contribution is -0.00186. The molecule has 1 aliphatic rings. The number of hydrogen-bond acceptors (Lipinski definition) is 5. The standard InChI is InChI=1S/C18H23N3O3/c1-12-7-5-6-8-14(12)16-19-15(24-20-16)9-13-10-21(11-13)17(22)23-18(2,3)4/h5-8,13H,9-11H2,1-4H3. The van der Waals surface area contributed by atoms with Crippen molar-refractivity contribution in [2.45, 2.75) is 39.7 Å². The molecule has 0 N–H and O–H groups in total. The largest absolute Gasteiger partial charge is 0.444 e. The van der Waals surface area contributed by atoms with Gasteiger partial charge in [0.1, 0.15) is 5.60 Å². The molecule has 2 heterocycles. The smallest absolute Gasteiger partial charge is 0.410 e. The highest BCUT2D eigenvalue weighted by molar-refractivity contribution is 5.69. The Bertz CT molecular complexity index is 727. The van der Waals surface area contributed by atoms with Crippen molar-refractivity contribution in [1.29, 1.82) is 0 Å². The number of ether oxygens (including phenoxy) is 1. The van der Waals surface area contributed by atoms with E-state index < -0.39 is 5.60 Å². The molecule has 3 rings (SSSR count). The number of hydrogen-bond donors (Lipinski definition) is 0. The first-order valence-electron chi connectivity index (χ1n) is 8.18. The van der Waals surface area contributed by atoms with E-state index in [4.69, 9.17) is 9.26 Å². The van der Waals surface area contributed by atoms with Crippen LogP contribution in [-0.4, -0.2) is 39.8 Å². The van der Waals surface area contributed by atoms with Gasteiger partial charge in [-0.15, -0.1) is 0 Å². The molecule has 0 bridgehead atoms. The summed E-state index contributed by atoms with van der Waals surface area (Å²) in [6.07, 6.45) is 0.419. The third kappa shape index (κ3) is 3.75. The van der Waals surface area contributed by atoms with Gasteiger partial charge in [-0.1, -0.05) is 29.4 Å². The molecule has 6 heteroatoms. The predicted octanol–water partition coefficient (Wildman–Crippen LogP) is 3.45. The van der Waals surface area contributed by atoms with E-state index in [1.54, 1.807) is 4.90 Å². The fourth-order valence-electron chi connectivity index (χ4n) is 2.69. The number of carbonyl (C=O) groups excluding carboxylic acids is 1. The van der Waals surface area contributed by atoms with Crippen molar-refractivity contribution in [2.24, 2.45) is 5.92 Å². The molecule has 24 heavy (non-hydrogen) atoms. The molecule has 6 nitrogen and oxygen atoms in total. The van der Waals surface area contributed by atoms with Gasteiger partial charge in [0.05, 0.1) is 0 Å². The normalized spacial score (nSPS) is 15.2. The molecule has 0 atom stereocenters. The Morgan fingerprint density at radius 2 is 2.04 bits per heavy atom. The molecule has 1 aromatic heterocycles. The van der Waals surface area contributed by atoms with Crippen LogP contribution in [0.5, 0.6) is 0 Å². The molecule has 1 saturated heterocycles. The number of likely N-dealkylation sites (tertiary alicyclic amines) is 1. The number of carbonyl (C=O) groups is 1. The van der Waals surface area contributed by atoms with E-state index in [9.17, 15) is 4.79 Å². The first-order valence-corrected chi connectivity index (χ1v) is 8.18. The van der Waals surface area contributed by atoms with Crippen LogP contribution in [0.1, 0.15) is 32.2 Å². The zero-order valence-corrected chi connectivity index (χ0v) is 14.6. The highest BCUT2D eigenvalue weighted by atomic mass is 16.6. The summed E-state index contributed by atoms with van der Waals surface area (Å²) in [5, 5.41) is 4.07. The quantitative estimate of drug-likeness (QED) is 0.862. The summed E-state index contributed by atoms with van der Waals surface area (Å²) in [4.78, 5) is 18.1. The van der Waals surface area contributed by atoms with Gasteiger partial charge in [-0.25, -0.2) is 4.79 Å². The number of aryl methyl sites for hydroxylation is 1. The van der Waals surface area contributed by atoms with Gasteiger partial charge in [-0.3, -0.25) is 0 Å². The summed E-state index contributed by atoms with van der Waals surface area (Å²) in [5.74, 6) is 1.57. The van der Waals surface area contributed by atoms with E-state index in [1.807, 2.05) is 52.0 Å². The average molecular weight is 329 g/mol. The monoisotopic (exact) mass is 329 g/mol. The van der Waals surface area contributed by atoms with Gasteiger partial charge in [0.15, 0.2) is 0 Å². The second-order valence-electron chi connectivity index (χ2n) is 7.28. The van der Waals surface area contributed by atoms with Crippen LogP contribution in [0, 0.1) is 12.8 Å². The van der Waals surface area contributed by atoms with Crippen LogP contribution in [-0.2, 0) is 11.2 Å². The van der Waals surface area contributed by atoms with Crippen LogP contribution in [0.25, 0.3) is 11.4 Å². The molecule has 2 aromatic rings. The minimum atomic E-state index is -0.461. The Kier molecular flexibility index (Phi) is 4.30. The number of rotatable bonds is 3. The first kappa shape index (κ1) is 16.5. The van der Waals surface area contributed by atoms with Crippen LogP contribution in [0.4, 0.5) is 4.79 Å². The molecule has 1 aliphatic heterocycles. The van der Waals surface area contributed by atoms with Gasteiger partial charge < -0.3 is 14.2 Å². The third-order valence-corrected chi connectivity index (χ3v) is 3.93. The molecule has 0 spiro atoms. The summed E-state index contributed by atoms with van der Waals surface area (Å²) in [7, 11) is 0. The molecule has 1 fully saturated rings. The lowest BCUT2D eigenvalue weighted by Crippen LogP contribution is -2.52. The molecule has 0 unspecified atom stereocenters. The molecule has 0 saturated carbocycles. The van der Waals surface area contributed by atoms with Crippen molar-refractivity contribution in [3.8, 4) is 11.4 Å². The summed E-state index contributed by atoms with van der Waals surface area (Å²) in [5.41, 5.74) is 1.64.